The van der Waals surface area contributed by atoms with E-state index in [4.69, 9.17) is 5.73 Å². The van der Waals surface area contributed by atoms with E-state index in [0.717, 1.165) is 12.1 Å². The lowest BCUT2D eigenvalue weighted by molar-refractivity contribution is 0.304. The van der Waals surface area contributed by atoms with Gasteiger partial charge in [-0.05, 0) is 17.5 Å². The summed E-state index contributed by atoms with van der Waals surface area (Å²) in [6.07, 6.45) is 0. The summed E-state index contributed by atoms with van der Waals surface area (Å²) in [5.74, 6) is -2.24. The van der Waals surface area contributed by atoms with Gasteiger partial charge in [0.15, 0.2) is 11.6 Å². The second-order valence-electron chi connectivity index (χ2n) is 4.64. The first kappa shape index (κ1) is 11.9. The van der Waals surface area contributed by atoms with Crippen molar-refractivity contribution < 1.29 is 13.9 Å². The van der Waals surface area contributed by atoms with Gasteiger partial charge in [-0.25, -0.2) is 8.78 Å². The van der Waals surface area contributed by atoms with E-state index in [1.165, 1.54) is 0 Å². The first-order valence-electron chi connectivity index (χ1n) is 4.67. The van der Waals surface area contributed by atoms with Crippen molar-refractivity contribution in [1.29, 1.82) is 0 Å². The van der Waals surface area contributed by atoms with Gasteiger partial charge in [0.25, 0.3) is 0 Å². The van der Waals surface area contributed by atoms with Crippen molar-refractivity contribution in [3.05, 3.63) is 29.3 Å². The lowest BCUT2D eigenvalue weighted by atomic mass is 9.82. The summed E-state index contributed by atoms with van der Waals surface area (Å²) in [6.45, 7) is 5.38. The fraction of sp³-hybridized carbons (Fsp3) is 0.455. The molecule has 1 rings (SSSR count). The number of nitrogens with two attached hydrogens (primary N) is 1. The molecule has 0 aromatic heterocycles. The van der Waals surface area contributed by atoms with Gasteiger partial charge >= 0.3 is 0 Å². The molecule has 1 aromatic carbocycles. The van der Waals surface area contributed by atoms with E-state index >= 15 is 0 Å². The maximum absolute atomic E-state index is 13.4. The summed E-state index contributed by atoms with van der Waals surface area (Å²) < 4.78 is 26.4. The lowest BCUT2D eigenvalue weighted by Crippen LogP contribution is -2.27. The first-order valence-corrected chi connectivity index (χ1v) is 4.67. The molecule has 0 fully saturated rings. The van der Waals surface area contributed by atoms with Crippen LogP contribution in [0.4, 0.5) is 8.78 Å². The van der Waals surface area contributed by atoms with Crippen molar-refractivity contribution in [2.75, 3.05) is 0 Å². The third kappa shape index (κ3) is 2.26. The topological polar surface area (TPSA) is 46.2 Å². The molecule has 0 saturated carbocycles. The van der Waals surface area contributed by atoms with Crippen LogP contribution in [-0.2, 0) is 0 Å². The molecule has 1 aromatic rings. The molecule has 4 heteroatoms. The van der Waals surface area contributed by atoms with E-state index in [1.54, 1.807) is 20.8 Å². The molecule has 0 aliphatic rings. The Hall–Kier alpha value is -1.16. The number of phenolic OH excluding ortho intramolecular Hbond substituents is 1. The van der Waals surface area contributed by atoms with Crippen LogP contribution in [0.15, 0.2) is 12.1 Å². The number of hydrogen-bond acceptors (Lipinski definition) is 2. The molecule has 0 radical (unpaired) electrons. The van der Waals surface area contributed by atoms with E-state index in [9.17, 15) is 13.9 Å². The molecule has 0 aliphatic heterocycles. The molecule has 15 heavy (non-hydrogen) atoms. The molecule has 2 nitrogen and oxygen atoms in total. The Kier molecular flexibility index (Phi) is 3.00. The van der Waals surface area contributed by atoms with Gasteiger partial charge in [0.2, 0.25) is 0 Å². The molecular formula is C11H15F2NO. The van der Waals surface area contributed by atoms with Crippen LogP contribution in [0.3, 0.4) is 0 Å². The smallest absolute Gasteiger partial charge is 0.165 e. The second-order valence-corrected chi connectivity index (χ2v) is 4.64. The number of phenols is 1. The zero-order valence-electron chi connectivity index (χ0n) is 9.01. The van der Waals surface area contributed by atoms with Crippen LogP contribution in [0.5, 0.6) is 5.75 Å². The summed E-state index contributed by atoms with van der Waals surface area (Å²) >= 11 is 0. The van der Waals surface area contributed by atoms with Crippen molar-refractivity contribution in [3.8, 4) is 5.75 Å². The van der Waals surface area contributed by atoms with Gasteiger partial charge in [0.05, 0.1) is 0 Å². The van der Waals surface area contributed by atoms with Crippen molar-refractivity contribution in [3.63, 3.8) is 0 Å². The predicted octanol–water partition coefficient (Wildman–Crippen LogP) is 2.72. The highest BCUT2D eigenvalue weighted by Crippen LogP contribution is 2.37. The number of hydrogen-bond donors (Lipinski definition) is 2. The zero-order chi connectivity index (χ0) is 11.8. The zero-order valence-corrected chi connectivity index (χ0v) is 9.01. The highest BCUT2D eigenvalue weighted by molar-refractivity contribution is 5.38. The average Bonchev–Trinajstić information content (AvgIpc) is 2.10. The molecule has 0 saturated heterocycles. The maximum Gasteiger partial charge on any atom is 0.165 e. The highest BCUT2D eigenvalue weighted by Gasteiger charge is 2.28. The fourth-order valence-corrected chi connectivity index (χ4v) is 1.29. The van der Waals surface area contributed by atoms with Crippen molar-refractivity contribution in [2.45, 2.75) is 26.8 Å². The molecule has 0 unspecified atom stereocenters. The molecule has 0 amide bonds. The van der Waals surface area contributed by atoms with E-state index in [-0.39, 0.29) is 5.56 Å². The third-order valence-electron chi connectivity index (χ3n) is 2.36. The maximum atomic E-state index is 13.4. The second kappa shape index (κ2) is 3.77. The van der Waals surface area contributed by atoms with Gasteiger partial charge in [-0.2, -0.15) is 0 Å². The van der Waals surface area contributed by atoms with E-state index < -0.39 is 28.8 Å². The minimum Gasteiger partial charge on any atom is -0.505 e. The van der Waals surface area contributed by atoms with Crippen LogP contribution in [0, 0.1) is 17.0 Å². The molecule has 3 N–H and O–H groups in total. The Balaban J connectivity index is 3.31. The van der Waals surface area contributed by atoms with E-state index in [1.807, 2.05) is 0 Å². The number of rotatable bonds is 1. The lowest BCUT2D eigenvalue weighted by Gasteiger charge is -2.28. The molecule has 0 bridgehead atoms. The highest BCUT2D eigenvalue weighted by atomic mass is 19.1. The van der Waals surface area contributed by atoms with Crippen LogP contribution in [0.25, 0.3) is 0 Å². The summed E-state index contributed by atoms with van der Waals surface area (Å²) in [5, 5.41) is 9.42. The van der Waals surface area contributed by atoms with Crippen molar-refractivity contribution in [1.82, 2.24) is 0 Å². The fourth-order valence-electron chi connectivity index (χ4n) is 1.29. The van der Waals surface area contributed by atoms with Gasteiger partial charge in [-0.15, -0.1) is 0 Å². The Morgan fingerprint density at radius 3 is 2.13 bits per heavy atom. The molecule has 0 aliphatic carbocycles. The van der Waals surface area contributed by atoms with Crippen molar-refractivity contribution in [2.24, 2.45) is 11.1 Å². The standard InChI is InChI=1S/C11H15F2NO/c1-11(2,3)10(14)8-6(12)4-5-7(13)9(8)15/h4-5,10,15H,14H2,1-3H3/t10-/m0/s1. The Labute approximate surface area is 87.7 Å². The minimum atomic E-state index is -0.855. The number of halogens is 2. The van der Waals surface area contributed by atoms with Crippen LogP contribution >= 0.6 is 0 Å². The van der Waals surface area contributed by atoms with Gasteiger partial charge in [-0.3, -0.25) is 0 Å². The van der Waals surface area contributed by atoms with Gasteiger partial charge in [0.1, 0.15) is 5.82 Å². The van der Waals surface area contributed by atoms with Gasteiger partial charge < -0.3 is 10.8 Å². The molecule has 84 valence electrons. The quantitative estimate of drug-likeness (QED) is 0.756. The largest absolute Gasteiger partial charge is 0.505 e. The molecule has 1 atom stereocenters. The molecule has 0 spiro atoms. The first-order chi connectivity index (χ1) is 6.75. The minimum absolute atomic E-state index is 0.164. The predicted molar refractivity (Wildman–Crippen MR) is 54.4 cm³/mol. The summed E-state index contributed by atoms with van der Waals surface area (Å²) in [4.78, 5) is 0. The molecule has 0 heterocycles. The average molecular weight is 215 g/mol. The normalized spacial score (nSPS) is 14.0. The van der Waals surface area contributed by atoms with Crippen LogP contribution in [-0.4, -0.2) is 5.11 Å². The number of aromatic hydroxyl groups is 1. The SMILES string of the molecule is CC(C)(C)[C@@H](N)c1c(F)ccc(F)c1O. The third-order valence-corrected chi connectivity index (χ3v) is 2.36. The van der Waals surface area contributed by atoms with Gasteiger partial charge in [-0.1, -0.05) is 20.8 Å². The Morgan fingerprint density at radius 2 is 1.67 bits per heavy atom. The van der Waals surface area contributed by atoms with Crippen LogP contribution < -0.4 is 5.73 Å². The summed E-state index contributed by atoms with van der Waals surface area (Å²) in [7, 11) is 0. The number of benzene rings is 1. The van der Waals surface area contributed by atoms with Crippen LogP contribution in [0.1, 0.15) is 32.4 Å². The van der Waals surface area contributed by atoms with Crippen LogP contribution in [0.2, 0.25) is 0 Å². The Bertz CT molecular complexity index is 372. The Morgan fingerprint density at radius 1 is 1.20 bits per heavy atom. The van der Waals surface area contributed by atoms with E-state index in [2.05, 4.69) is 0 Å². The monoisotopic (exact) mass is 215 g/mol. The van der Waals surface area contributed by atoms with Crippen molar-refractivity contribution >= 4 is 0 Å². The van der Waals surface area contributed by atoms with Gasteiger partial charge in [0, 0.05) is 11.6 Å². The molecular weight excluding hydrogens is 200 g/mol. The summed E-state index contributed by atoms with van der Waals surface area (Å²) in [6, 6.07) is 1.09. The van der Waals surface area contributed by atoms with E-state index in [0.29, 0.717) is 0 Å². The summed E-state index contributed by atoms with van der Waals surface area (Å²) in [5.41, 5.74) is 5.16.